The van der Waals surface area contributed by atoms with E-state index in [1.807, 2.05) is 0 Å². The molecular weight excluding hydrogens is 409 g/mol. The molecule has 2 aliphatic rings. The van der Waals surface area contributed by atoms with E-state index in [0.29, 0.717) is 19.3 Å². The predicted octanol–water partition coefficient (Wildman–Crippen LogP) is 2.25. The van der Waals surface area contributed by atoms with Crippen molar-refractivity contribution in [3.05, 3.63) is 22.2 Å². The lowest BCUT2D eigenvalue weighted by Gasteiger charge is -2.26. The molecule has 0 spiro atoms. The van der Waals surface area contributed by atoms with Crippen LogP contribution in [0.15, 0.2) is 11.0 Å². The molecule has 0 amide bonds. The Kier molecular flexibility index (Phi) is 4.88. The topological polar surface area (TPSA) is 133 Å². The molecule has 12 heteroatoms. The smallest absolute Gasteiger partial charge is 0.449 e. The lowest BCUT2D eigenvalue weighted by molar-refractivity contribution is -0.0488. The molecule has 1 aliphatic heterocycles. The summed E-state index contributed by atoms with van der Waals surface area (Å²) in [5.41, 5.74) is 9.74. The number of carboxylic acid groups (broad SMARTS) is 1. The largest absolute Gasteiger partial charge is 0.511 e. The van der Waals surface area contributed by atoms with Gasteiger partial charge in [-0.2, -0.15) is 8.78 Å². The summed E-state index contributed by atoms with van der Waals surface area (Å²) in [7, 11) is 0. The number of pyridine rings is 1. The van der Waals surface area contributed by atoms with Crippen LogP contribution in [0.5, 0.6) is 11.5 Å². The van der Waals surface area contributed by atoms with Crippen molar-refractivity contribution < 1.29 is 32.5 Å². The summed E-state index contributed by atoms with van der Waals surface area (Å²) >= 11 is 0. The fraction of sp³-hybridized carbons (Fsp3) is 0.444. The molecular formula is C18H19F3N4O5. The molecule has 9 nitrogen and oxygen atoms in total. The number of aromatic nitrogens is 1. The van der Waals surface area contributed by atoms with Crippen molar-refractivity contribution in [1.29, 1.82) is 0 Å². The van der Waals surface area contributed by atoms with Gasteiger partial charge in [0.2, 0.25) is 5.43 Å². The summed E-state index contributed by atoms with van der Waals surface area (Å²) < 4.78 is 52.6. The van der Waals surface area contributed by atoms with Crippen LogP contribution in [0.2, 0.25) is 0 Å². The molecule has 1 atom stereocenters. The Morgan fingerprint density at radius 3 is 2.53 bits per heavy atom. The Bertz CT molecular complexity index is 1090. The maximum absolute atomic E-state index is 15.3. The zero-order valence-corrected chi connectivity index (χ0v) is 15.6. The van der Waals surface area contributed by atoms with E-state index in [1.165, 1.54) is 9.47 Å². The van der Waals surface area contributed by atoms with Crippen LogP contribution in [0.4, 0.5) is 29.3 Å². The van der Waals surface area contributed by atoms with Gasteiger partial charge in [0.05, 0.1) is 22.8 Å². The number of ether oxygens (including phenoxy) is 2. The van der Waals surface area contributed by atoms with E-state index in [9.17, 15) is 18.4 Å². The van der Waals surface area contributed by atoms with Crippen LogP contribution in [-0.4, -0.2) is 41.6 Å². The maximum atomic E-state index is 15.3. The van der Waals surface area contributed by atoms with Crippen LogP contribution in [0, 0.1) is 5.82 Å². The van der Waals surface area contributed by atoms with E-state index in [0.717, 1.165) is 6.20 Å². The van der Waals surface area contributed by atoms with Crippen LogP contribution < -0.4 is 31.3 Å². The van der Waals surface area contributed by atoms with Gasteiger partial charge in [-0.1, -0.05) is 0 Å². The number of carbonyl (C=O) groups is 1. The minimum Gasteiger partial charge on any atom is -0.449 e. The fourth-order valence-electron chi connectivity index (χ4n) is 3.82. The molecule has 1 aromatic heterocycles. The molecule has 4 rings (SSSR count). The molecule has 2 heterocycles. The number of fused-ring (bicyclic) bond motifs is 1. The van der Waals surface area contributed by atoms with Gasteiger partial charge in [0.25, 0.3) is 0 Å². The van der Waals surface area contributed by atoms with Crippen molar-refractivity contribution in [2.45, 2.75) is 38.0 Å². The van der Waals surface area contributed by atoms with Crippen LogP contribution in [0.25, 0.3) is 10.9 Å². The lowest BCUT2D eigenvalue weighted by atomic mass is 10.1. The number of rotatable bonds is 5. The number of hydrogen-bond acceptors (Lipinski definition) is 7. The first-order valence-electron chi connectivity index (χ1n) is 9.25. The van der Waals surface area contributed by atoms with Crippen LogP contribution >= 0.6 is 0 Å². The second-order valence-corrected chi connectivity index (χ2v) is 7.33. The van der Waals surface area contributed by atoms with Crippen LogP contribution in [-0.2, 0) is 0 Å². The SMILES string of the molecule is Nc1c(F)c(N2CCC(N)C2)c(OC(F)F)c2c1c(=O)c(OC(=O)O)cn2C1CC1. The number of benzene rings is 1. The molecule has 162 valence electrons. The molecule has 0 bridgehead atoms. The molecule has 1 saturated heterocycles. The maximum Gasteiger partial charge on any atom is 0.511 e. The minimum atomic E-state index is -3.30. The van der Waals surface area contributed by atoms with Crippen molar-refractivity contribution in [2.75, 3.05) is 23.7 Å². The molecule has 1 saturated carbocycles. The zero-order valence-electron chi connectivity index (χ0n) is 15.6. The predicted molar refractivity (Wildman–Crippen MR) is 101 cm³/mol. The summed E-state index contributed by atoms with van der Waals surface area (Å²) in [6.45, 7) is -2.82. The molecule has 30 heavy (non-hydrogen) atoms. The summed E-state index contributed by atoms with van der Waals surface area (Å²) in [6.07, 6.45) is 1.14. The van der Waals surface area contributed by atoms with Crippen molar-refractivity contribution in [1.82, 2.24) is 4.57 Å². The average Bonchev–Trinajstić information content (AvgIpc) is 3.41. The van der Waals surface area contributed by atoms with Crippen molar-refractivity contribution in [3.8, 4) is 11.5 Å². The van der Waals surface area contributed by atoms with Crippen molar-refractivity contribution in [3.63, 3.8) is 0 Å². The summed E-state index contributed by atoms with van der Waals surface area (Å²) in [6, 6.07) is -0.527. The molecule has 1 aliphatic carbocycles. The number of anilines is 2. The van der Waals surface area contributed by atoms with Gasteiger partial charge < -0.3 is 35.5 Å². The number of alkyl halides is 2. The van der Waals surface area contributed by atoms with E-state index < -0.39 is 46.6 Å². The number of nitrogens with two attached hydrogens (primary N) is 2. The van der Waals surface area contributed by atoms with E-state index >= 15 is 4.39 Å². The van der Waals surface area contributed by atoms with Crippen molar-refractivity contribution >= 4 is 28.4 Å². The second-order valence-electron chi connectivity index (χ2n) is 7.33. The Labute approximate surface area is 167 Å². The van der Waals surface area contributed by atoms with Gasteiger partial charge in [-0.25, -0.2) is 9.18 Å². The molecule has 5 N–H and O–H groups in total. The number of halogens is 3. The molecule has 1 aromatic carbocycles. The molecule has 1 unspecified atom stereocenters. The van der Waals surface area contributed by atoms with E-state index in [1.54, 1.807) is 0 Å². The van der Waals surface area contributed by atoms with Gasteiger partial charge in [-0.15, -0.1) is 0 Å². The van der Waals surface area contributed by atoms with Crippen molar-refractivity contribution in [2.24, 2.45) is 5.73 Å². The average molecular weight is 428 g/mol. The van der Waals surface area contributed by atoms with Gasteiger partial charge in [-0.3, -0.25) is 4.79 Å². The highest BCUT2D eigenvalue weighted by molar-refractivity contribution is 6.01. The summed E-state index contributed by atoms with van der Waals surface area (Å²) in [5.74, 6) is -2.25. The third-order valence-corrected chi connectivity index (χ3v) is 5.23. The molecule has 2 fully saturated rings. The van der Waals surface area contributed by atoms with Crippen LogP contribution in [0.3, 0.4) is 0 Å². The standard InChI is InChI=1S/C18H19F3N4O5/c19-11-12(23)10-13(16(30-17(20)21)14(11)24-4-3-7(22)5-24)25(8-1-2-8)6-9(15(10)26)29-18(27)28/h6-8,17H,1-5,22-23H2,(H,27,28). The molecule has 0 radical (unpaired) electrons. The first-order chi connectivity index (χ1) is 14.2. The normalized spacial score (nSPS) is 19.0. The quantitative estimate of drug-likeness (QED) is 0.488. The highest BCUT2D eigenvalue weighted by atomic mass is 19.3. The van der Waals surface area contributed by atoms with Gasteiger partial charge in [-0.05, 0) is 19.3 Å². The lowest BCUT2D eigenvalue weighted by Crippen LogP contribution is -2.28. The minimum absolute atomic E-state index is 0.130. The third kappa shape index (κ3) is 3.36. The first-order valence-corrected chi connectivity index (χ1v) is 9.25. The second kappa shape index (κ2) is 7.27. The third-order valence-electron chi connectivity index (χ3n) is 5.23. The summed E-state index contributed by atoms with van der Waals surface area (Å²) in [5, 5.41) is 8.43. The highest BCUT2D eigenvalue weighted by Crippen LogP contribution is 2.47. The zero-order chi connectivity index (χ0) is 21.7. The van der Waals surface area contributed by atoms with Gasteiger partial charge >= 0.3 is 12.8 Å². The van der Waals surface area contributed by atoms with Gasteiger partial charge in [0, 0.05) is 25.2 Å². The van der Waals surface area contributed by atoms with Gasteiger partial charge in [0.1, 0.15) is 5.69 Å². The number of hydrogen-bond donors (Lipinski definition) is 3. The molecule has 2 aromatic rings. The Balaban J connectivity index is 2.09. The highest BCUT2D eigenvalue weighted by Gasteiger charge is 2.35. The Hall–Kier alpha value is -3.15. The Morgan fingerprint density at radius 1 is 1.30 bits per heavy atom. The van der Waals surface area contributed by atoms with Gasteiger partial charge in [0.15, 0.2) is 17.3 Å². The number of nitrogens with zero attached hydrogens (tertiary/aromatic N) is 2. The van der Waals surface area contributed by atoms with E-state index in [2.05, 4.69) is 4.74 Å². The monoisotopic (exact) mass is 428 g/mol. The first kappa shape index (κ1) is 20.1. The number of nitrogen functional groups attached to an aromatic ring is 1. The Morgan fingerprint density at radius 2 is 2.00 bits per heavy atom. The van der Waals surface area contributed by atoms with Crippen LogP contribution in [0.1, 0.15) is 25.3 Å². The summed E-state index contributed by atoms with van der Waals surface area (Å²) in [4.78, 5) is 25.2. The van der Waals surface area contributed by atoms with E-state index in [4.69, 9.17) is 21.3 Å². The fourth-order valence-corrected chi connectivity index (χ4v) is 3.82. The van der Waals surface area contributed by atoms with E-state index in [-0.39, 0.29) is 36.4 Å².